The highest BCUT2D eigenvalue weighted by Gasteiger charge is 2.19. The fourth-order valence-corrected chi connectivity index (χ4v) is 1.95. The van der Waals surface area contributed by atoms with Crippen LogP contribution < -0.4 is 0 Å². The van der Waals surface area contributed by atoms with E-state index in [1.165, 1.54) is 0 Å². The van der Waals surface area contributed by atoms with Gasteiger partial charge < -0.3 is 9.05 Å². The molecule has 20 heavy (non-hydrogen) atoms. The fraction of sp³-hybridized carbons (Fsp3) is 0.643. The second kappa shape index (κ2) is 6.65. The van der Waals surface area contributed by atoms with Crippen LogP contribution in [0.3, 0.4) is 0 Å². The number of rotatable bonds is 7. The highest BCUT2D eigenvalue weighted by atomic mass is 16.5. The van der Waals surface area contributed by atoms with Gasteiger partial charge in [0.25, 0.3) is 0 Å². The van der Waals surface area contributed by atoms with E-state index in [-0.39, 0.29) is 6.04 Å². The molecule has 2 heterocycles. The van der Waals surface area contributed by atoms with Gasteiger partial charge in [0.2, 0.25) is 5.89 Å². The van der Waals surface area contributed by atoms with Crippen LogP contribution in [-0.4, -0.2) is 27.2 Å². The Morgan fingerprint density at radius 2 is 2.10 bits per heavy atom. The second-order valence-electron chi connectivity index (χ2n) is 5.17. The van der Waals surface area contributed by atoms with Gasteiger partial charge >= 0.3 is 0 Å². The molecule has 6 nitrogen and oxygen atoms in total. The summed E-state index contributed by atoms with van der Waals surface area (Å²) in [7, 11) is 2.00. The molecule has 0 radical (unpaired) electrons. The molecule has 1 atom stereocenters. The molecule has 0 spiro atoms. The Kier molecular flexibility index (Phi) is 4.89. The van der Waals surface area contributed by atoms with E-state index in [1.807, 2.05) is 27.0 Å². The normalized spacial score (nSPS) is 13.1. The summed E-state index contributed by atoms with van der Waals surface area (Å²) in [6.07, 6.45) is 3.09. The summed E-state index contributed by atoms with van der Waals surface area (Å²) in [5.74, 6) is 2.26. The van der Waals surface area contributed by atoms with Gasteiger partial charge in [-0.05, 0) is 27.3 Å². The molecule has 0 saturated heterocycles. The van der Waals surface area contributed by atoms with Crippen LogP contribution in [-0.2, 0) is 13.0 Å². The van der Waals surface area contributed by atoms with E-state index < -0.39 is 0 Å². The van der Waals surface area contributed by atoms with Crippen molar-refractivity contribution in [3.05, 3.63) is 29.2 Å². The maximum atomic E-state index is 5.34. The third-order valence-corrected chi connectivity index (χ3v) is 3.34. The largest absolute Gasteiger partial charge is 0.361 e. The number of aryl methyl sites for hydroxylation is 2. The van der Waals surface area contributed by atoms with Crippen molar-refractivity contribution in [1.29, 1.82) is 0 Å². The van der Waals surface area contributed by atoms with Crippen LogP contribution in [0, 0.1) is 6.92 Å². The number of aromatic nitrogens is 3. The van der Waals surface area contributed by atoms with Crippen LogP contribution in [0.2, 0.25) is 0 Å². The predicted molar refractivity (Wildman–Crippen MR) is 74.0 cm³/mol. The van der Waals surface area contributed by atoms with Gasteiger partial charge in [-0.15, -0.1) is 0 Å². The quantitative estimate of drug-likeness (QED) is 0.775. The first-order valence-corrected chi connectivity index (χ1v) is 7.05. The van der Waals surface area contributed by atoms with Gasteiger partial charge in [-0.2, -0.15) is 4.98 Å². The summed E-state index contributed by atoms with van der Waals surface area (Å²) in [6.45, 7) is 6.77. The molecular weight excluding hydrogens is 256 g/mol. The van der Waals surface area contributed by atoms with Gasteiger partial charge in [0.1, 0.15) is 5.76 Å². The van der Waals surface area contributed by atoms with E-state index in [9.17, 15) is 0 Å². The van der Waals surface area contributed by atoms with Crippen LogP contribution in [0.5, 0.6) is 0 Å². The van der Waals surface area contributed by atoms with Gasteiger partial charge in [-0.3, -0.25) is 4.90 Å². The van der Waals surface area contributed by atoms with Crippen LogP contribution in [0.1, 0.15) is 55.9 Å². The van der Waals surface area contributed by atoms with Gasteiger partial charge in [0, 0.05) is 19.0 Å². The molecule has 110 valence electrons. The minimum atomic E-state index is 0.0508. The molecular formula is C14H22N4O2. The van der Waals surface area contributed by atoms with Crippen molar-refractivity contribution in [2.24, 2.45) is 0 Å². The minimum absolute atomic E-state index is 0.0508. The summed E-state index contributed by atoms with van der Waals surface area (Å²) in [5.41, 5.74) is 0.905. The molecule has 0 fully saturated rings. The van der Waals surface area contributed by atoms with E-state index in [0.29, 0.717) is 12.4 Å². The molecule has 0 saturated carbocycles. The molecule has 1 unspecified atom stereocenters. The Bertz CT molecular complexity index is 535. The van der Waals surface area contributed by atoms with Crippen LogP contribution in [0.4, 0.5) is 0 Å². The first-order valence-electron chi connectivity index (χ1n) is 7.05. The average Bonchev–Trinajstić information content (AvgIpc) is 3.04. The Hall–Kier alpha value is -1.69. The van der Waals surface area contributed by atoms with E-state index in [1.54, 1.807) is 0 Å². The van der Waals surface area contributed by atoms with Crippen molar-refractivity contribution < 1.29 is 9.05 Å². The summed E-state index contributed by atoms with van der Waals surface area (Å²) < 4.78 is 10.4. The summed E-state index contributed by atoms with van der Waals surface area (Å²) in [6, 6.07) is 1.99. The molecule has 0 bridgehead atoms. The third kappa shape index (κ3) is 3.66. The zero-order chi connectivity index (χ0) is 14.5. The molecule has 6 heteroatoms. The van der Waals surface area contributed by atoms with Gasteiger partial charge in [0.05, 0.1) is 11.7 Å². The maximum absolute atomic E-state index is 5.34. The highest BCUT2D eigenvalue weighted by molar-refractivity contribution is 5.04. The molecule has 2 aromatic rings. The van der Waals surface area contributed by atoms with E-state index in [4.69, 9.17) is 9.05 Å². The lowest BCUT2D eigenvalue weighted by molar-refractivity contribution is 0.198. The fourth-order valence-electron chi connectivity index (χ4n) is 1.95. The molecule has 0 aromatic carbocycles. The highest BCUT2D eigenvalue weighted by Crippen LogP contribution is 2.19. The standard InChI is InChI=1S/C14H22N4O2/c1-5-6-7-13-15-14(20-17-13)11(3)18(4)9-12-8-10(2)19-16-12/h8,11H,5-7,9H2,1-4H3. The molecule has 0 aliphatic heterocycles. The van der Waals surface area contributed by atoms with Crippen LogP contribution in [0.15, 0.2) is 15.1 Å². The number of hydrogen-bond acceptors (Lipinski definition) is 6. The van der Waals surface area contributed by atoms with Crippen molar-refractivity contribution in [2.75, 3.05) is 7.05 Å². The van der Waals surface area contributed by atoms with Crippen molar-refractivity contribution in [3.8, 4) is 0 Å². The smallest absolute Gasteiger partial charge is 0.243 e. The van der Waals surface area contributed by atoms with E-state index in [2.05, 4.69) is 27.1 Å². The van der Waals surface area contributed by atoms with Crippen molar-refractivity contribution in [1.82, 2.24) is 20.2 Å². The van der Waals surface area contributed by atoms with Crippen molar-refractivity contribution >= 4 is 0 Å². The Morgan fingerprint density at radius 1 is 1.30 bits per heavy atom. The lowest BCUT2D eigenvalue weighted by Crippen LogP contribution is -2.22. The molecule has 0 amide bonds. The van der Waals surface area contributed by atoms with Crippen LogP contribution in [0.25, 0.3) is 0 Å². The minimum Gasteiger partial charge on any atom is -0.361 e. The zero-order valence-electron chi connectivity index (χ0n) is 12.6. The molecule has 2 aromatic heterocycles. The maximum Gasteiger partial charge on any atom is 0.243 e. The zero-order valence-corrected chi connectivity index (χ0v) is 12.6. The number of unbranched alkanes of at least 4 members (excludes halogenated alkanes) is 1. The Balaban J connectivity index is 1.95. The first-order chi connectivity index (χ1) is 9.60. The van der Waals surface area contributed by atoms with Gasteiger partial charge in [-0.1, -0.05) is 23.7 Å². The third-order valence-electron chi connectivity index (χ3n) is 3.34. The lowest BCUT2D eigenvalue weighted by Gasteiger charge is -2.19. The van der Waals surface area contributed by atoms with E-state index in [0.717, 1.165) is 36.5 Å². The van der Waals surface area contributed by atoms with Crippen molar-refractivity contribution in [2.45, 2.75) is 52.6 Å². The molecule has 2 rings (SSSR count). The topological polar surface area (TPSA) is 68.2 Å². The number of hydrogen-bond donors (Lipinski definition) is 0. The summed E-state index contributed by atoms with van der Waals surface area (Å²) >= 11 is 0. The second-order valence-corrected chi connectivity index (χ2v) is 5.17. The van der Waals surface area contributed by atoms with Gasteiger partial charge in [-0.25, -0.2) is 0 Å². The lowest BCUT2D eigenvalue weighted by atomic mass is 10.2. The Morgan fingerprint density at radius 3 is 2.75 bits per heavy atom. The van der Waals surface area contributed by atoms with E-state index >= 15 is 0 Å². The van der Waals surface area contributed by atoms with Gasteiger partial charge in [0.15, 0.2) is 5.82 Å². The number of nitrogens with zero attached hydrogens (tertiary/aromatic N) is 4. The molecule has 0 aliphatic rings. The summed E-state index contributed by atoms with van der Waals surface area (Å²) in [5, 5.41) is 8.02. The molecule has 0 N–H and O–H groups in total. The SMILES string of the molecule is CCCCc1noc(C(C)N(C)Cc2cc(C)on2)n1. The predicted octanol–water partition coefficient (Wildman–Crippen LogP) is 2.90. The summed E-state index contributed by atoms with van der Waals surface area (Å²) in [4.78, 5) is 6.56. The average molecular weight is 278 g/mol. The van der Waals surface area contributed by atoms with Crippen molar-refractivity contribution in [3.63, 3.8) is 0 Å². The molecule has 0 aliphatic carbocycles. The Labute approximate surface area is 119 Å². The van der Waals surface area contributed by atoms with Crippen LogP contribution >= 0.6 is 0 Å². The first kappa shape index (κ1) is 14.7. The monoisotopic (exact) mass is 278 g/mol.